The van der Waals surface area contributed by atoms with Gasteiger partial charge in [0.05, 0.1) is 6.61 Å². The van der Waals surface area contributed by atoms with Crippen LogP contribution in [0.4, 0.5) is 0 Å². The molecule has 0 N–H and O–H groups in total. The zero-order valence-corrected chi connectivity index (χ0v) is 9.43. The quantitative estimate of drug-likeness (QED) is 0.679. The first-order valence-corrected chi connectivity index (χ1v) is 5.76. The normalized spacial score (nSPS) is 13.3. The van der Waals surface area contributed by atoms with Crippen LogP contribution in [0.2, 0.25) is 0 Å². The fourth-order valence-corrected chi connectivity index (χ4v) is 1.71. The lowest BCUT2D eigenvalue weighted by molar-refractivity contribution is 0.118. The summed E-state index contributed by atoms with van der Waals surface area (Å²) in [6.07, 6.45) is 7.15. The first kappa shape index (κ1) is 13.7. The van der Waals surface area contributed by atoms with E-state index < -0.39 is 0 Å². The van der Waals surface area contributed by atoms with Crippen molar-refractivity contribution in [2.24, 2.45) is 4.99 Å². The highest BCUT2D eigenvalue weighted by Crippen LogP contribution is 2.13. The monoisotopic (exact) mass is 231 g/mol. The Morgan fingerprint density at radius 1 is 1.18 bits per heavy atom. The highest BCUT2D eigenvalue weighted by atomic mass is 16.5. The number of allylic oxidation sites excluding steroid dienone is 1. The number of benzene rings is 1. The Kier molecular flexibility index (Phi) is 6.26. The predicted octanol–water partition coefficient (Wildman–Crippen LogP) is 3.98. The molecule has 17 heavy (non-hydrogen) atoms. The largest absolute Gasteiger partial charge is 0.377 e. The lowest BCUT2D eigenvalue weighted by Gasteiger charge is -2.04. The molecule has 1 aromatic rings. The predicted molar refractivity (Wildman–Crippen MR) is 73.3 cm³/mol. The second kappa shape index (κ2) is 7.80. The van der Waals surface area contributed by atoms with E-state index in [0.29, 0.717) is 0 Å². The van der Waals surface area contributed by atoms with Crippen molar-refractivity contribution in [2.45, 2.75) is 33.3 Å². The minimum Gasteiger partial charge on any atom is -0.377 e. The van der Waals surface area contributed by atoms with Gasteiger partial charge in [-0.05, 0) is 24.0 Å². The van der Waals surface area contributed by atoms with Crippen molar-refractivity contribution in [1.29, 1.82) is 0 Å². The Morgan fingerprint density at radius 3 is 2.71 bits per heavy atom. The van der Waals surface area contributed by atoms with E-state index in [2.05, 4.69) is 17.1 Å². The van der Waals surface area contributed by atoms with Crippen LogP contribution in [0.1, 0.15) is 32.3 Å². The van der Waals surface area contributed by atoms with E-state index in [-0.39, 0.29) is 7.43 Å². The van der Waals surface area contributed by atoms with Crippen molar-refractivity contribution < 1.29 is 4.74 Å². The Bertz CT molecular complexity index is 368. The summed E-state index contributed by atoms with van der Waals surface area (Å²) < 4.78 is 5.61. The molecule has 0 saturated carbocycles. The van der Waals surface area contributed by atoms with Crippen molar-refractivity contribution in [3.05, 3.63) is 47.7 Å². The van der Waals surface area contributed by atoms with Gasteiger partial charge in [-0.2, -0.15) is 0 Å². The van der Waals surface area contributed by atoms with Crippen LogP contribution < -0.4 is 0 Å². The maximum atomic E-state index is 5.61. The van der Waals surface area contributed by atoms with Crippen molar-refractivity contribution in [3.8, 4) is 0 Å². The van der Waals surface area contributed by atoms with Gasteiger partial charge in [-0.25, -0.2) is 0 Å². The summed E-state index contributed by atoms with van der Waals surface area (Å²) >= 11 is 0. The number of hydrogen-bond acceptors (Lipinski definition) is 2. The van der Waals surface area contributed by atoms with Crippen LogP contribution in [-0.2, 0) is 11.3 Å². The molecule has 0 fully saturated rings. The number of aliphatic imine (C=N–C) groups is 1. The molecule has 0 aliphatic carbocycles. The van der Waals surface area contributed by atoms with Gasteiger partial charge < -0.3 is 4.74 Å². The smallest absolute Gasteiger partial charge is 0.0716 e. The minimum absolute atomic E-state index is 0. The number of nitrogens with zero attached hydrogens (tertiary/aromatic N) is 1. The third-order valence-corrected chi connectivity index (χ3v) is 2.61. The molecule has 1 aliphatic rings. The SMILES string of the molecule is C.C1=NC=C(CCCOCc2ccccc2)C1. The fourth-order valence-electron chi connectivity index (χ4n) is 1.71. The van der Waals surface area contributed by atoms with Gasteiger partial charge in [0.15, 0.2) is 0 Å². The van der Waals surface area contributed by atoms with Gasteiger partial charge in [-0.15, -0.1) is 0 Å². The second-order valence-electron chi connectivity index (χ2n) is 3.96. The van der Waals surface area contributed by atoms with Crippen molar-refractivity contribution >= 4 is 6.21 Å². The molecular formula is C15H21NO. The highest BCUT2D eigenvalue weighted by Gasteiger charge is 2.00. The number of rotatable bonds is 6. The molecule has 2 rings (SSSR count). The van der Waals surface area contributed by atoms with E-state index in [4.69, 9.17) is 4.74 Å². The lowest BCUT2D eigenvalue weighted by Crippen LogP contribution is -1.96. The Hall–Kier alpha value is -1.41. The third kappa shape index (κ3) is 4.96. The van der Waals surface area contributed by atoms with Gasteiger partial charge in [0.25, 0.3) is 0 Å². The molecule has 0 amide bonds. The molecule has 92 valence electrons. The topological polar surface area (TPSA) is 21.6 Å². The zero-order valence-electron chi connectivity index (χ0n) is 9.43. The van der Waals surface area contributed by atoms with E-state index >= 15 is 0 Å². The van der Waals surface area contributed by atoms with Crippen LogP contribution in [0.5, 0.6) is 0 Å². The summed E-state index contributed by atoms with van der Waals surface area (Å²) in [6, 6.07) is 10.3. The third-order valence-electron chi connectivity index (χ3n) is 2.61. The van der Waals surface area contributed by atoms with Crippen molar-refractivity contribution in [2.75, 3.05) is 6.61 Å². The van der Waals surface area contributed by atoms with E-state index in [0.717, 1.165) is 32.5 Å². The van der Waals surface area contributed by atoms with Gasteiger partial charge >= 0.3 is 0 Å². The molecule has 1 heterocycles. The first-order chi connectivity index (χ1) is 7.95. The molecule has 1 aliphatic heterocycles. The van der Waals surface area contributed by atoms with Crippen molar-refractivity contribution in [3.63, 3.8) is 0 Å². The molecule has 0 unspecified atom stereocenters. The molecule has 0 spiro atoms. The van der Waals surface area contributed by atoms with Gasteiger partial charge in [0.2, 0.25) is 0 Å². The maximum Gasteiger partial charge on any atom is 0.0716 e. The summed E-state index contributed by atoms with van der Waals surface area (Å²) in [7, 11) is 0. The van der Waals surface area contributed by atoms with Crippen LogP contribution in [0, 0.1) is 0 Å². The first-order valence-electron chi connectivity index (χ1n) is 5.76. The number of ether oxygens (including phenoxy) is 1. The Morgan fingerprint density at radius 2 is 2.00 bits per heavy atom. The fraction of sp³-hybridized carbons (Fsp3) is 0.400. The summed E-state index contributed by atoms with van der Waals surface area (Å²) in [5.41, 5.74) is 2.66. The summed E-state index contributed by atoms with van der Waals surface area (Å²) in [4.78, 5) is 4.08. The summed E-state index contributed by atoms with van der Waals surface area (Å²) in [5, 5.41) is 0. The summed E-state index contributed by atoms with van der Waals surface area (Å²) in [5.74, 6) is 0. The van der Waals surface area contributed by atoms with Gasteiger partial charge in [0, 0.05) is 25.4 Å². The zero-order chi connectivity index (χ0) is 11.1. The van der Waals surface area contributed by atoms with Crippen molar-refractivity contribution in [1.82, 2.24) is 0 Å². The van der Waals surface area contributed by atoms with E-state index in [1.165, 1.54) is 11.1 Å². The molecule has 0 aromatic heterocycles. The molecule has 0 saturated heterocycles. The minimum atomic E-state index is 0. The number of hydrogen-bond donors (Lipinski definition) is 0. The Balaban J connectivity index is 0.00000144. The van der Waals surface area contributed by atoms with Crippen LogP contribution >= 0.6 is 0 Å². The average Bonchev–Trinajstić information content (AvgIpc) is 2.83. The van der Waals surface area contributed by atoms with Crippen LogP contribution in [0.25, 0.3) is 0 Å². The maximum absolute atomic E-state index is 5.61. The molecule has 2 heteroatoms. The van der Waals surface area contributed by atoms with E-state index in [1.807, 2.05) is 30.6 Å². The van der Waals surface area contributed by atoms with Crippen LogP contribution in [-0.4, -0.2) is 12.8 Å². The van der Waals surface area contributed by atoms with Crippen LogP contribution in [0.3, 0.4) is 0 Å². The van der Waals surface area contributed by atoms with Gasteiger partial charge in [-0.1, -0.05) is 37.8 Å². The average molecular weight is 231 g/mol. The molecular weight excluding hydrogens is 210 g/mol. The Labute approximate surface area is 104 Å². The molecule has 0 atom stereocenters. The van der Waals surface area contributed by atoms with Gasteiger partial charge in [-0.3, -0.25) is 4.99 Å². The molecule has 0 bridgehead atoms. The van der Waals surface area contributed by atoms with Gasteiger partial charge in [0.1, 0.15) is 0 Å². The lowest BCUT2D eigenvalue weighted by atomic mass is 10.1. The summed E-state index contributed by atoms with van der Waals surface area (Å²) in [6.45, 7) is 1.54. The standard InChI is InChI=1S/C14H17NO.CH4/c1-2-5-14(6-3-1)12-16-10-4-7-13-8-9-15-11-13;/h1-3,5-6,9,11H,4,7-8,10,12H2;1H4. The second-order valence-corrected chi connectivity index (χ2v) is 3.96. The van der Waals surface area contributed by atoms with E-state index in [9.17, 15) is 0 Å². The molecule has 0 radical (unpaired) electrons. The van der Waals surface area contributed by atoms with Crippen LogP contribution in [0.15, 0.2) is 47.1 Å². The highest BCUT2D eigenvalue weighted by molar-refractivity contribution is 5.65. The van der Waals surface area contributed by atoms with E-state index in [1.54, 1.807) is 0 Å². The molecule has 1 aromatic carbocycles. The molecule has 2 nitrogen and oxygen atoms in total.